The predicted octanol–water partition coefficient (Wildman–Crippen LogP) is 2.71. The summed E-state index contributed by atoms with van der Waals surface area (Å²) in [6, 6.07) is 0. The molecule has 5 heteroatoms. The molecule has 0 radical (unpaired) electrons. The molecule has 21 heavy (non-hydrogen) atoms. The molecule has 0 rings (SSSR count). The first kappa shape index (κ1) is 24.8. The fourth-order valence-corrected chi connectivity index (χ4v) is 2.68. The van der Waals surface area contributed by atoms with E-state index in [0.717, 1.165) is 12.8 Å². The summed E-state index contributed by atoms with van der Waals surface area (Å²) in [5.41, 5.74) is 0. The van der Waals surface area contributed by atoms with E-state index < -0.39 is 11.0 Å². The van der Waals surface area contributed by atoms with Crippen LogP contribution in [0, 0.1) is 0 Å². The zero-order chi connectivity index (χ0) is 14.9. The number of hydrogen-bond acceptors (Lipinski definition) is 4. The van der Waals surface area contributed by atoms with E-state index >= 15 is 0 Å². The van der Waals surface area contributed by atoms with Crippen LogP contribution in [0.15, 0.2) is 0 Å². The van der Waals surface area contributed by atoms with Crippen molar-refractivity contribution in [2.24, 2.45) is 0 Å². The van der Waals surface area contributed by atoms with E-state index in [1.165, 1.54) is 77.0 Å². The van der Waals surface area contributed by atoms with Gasteiger partial charge in [0, 0.05) is 6.61 Å². The van der Waals surface area contributed by atoms with Gasteiger partial charge in [-0.25, -0.2) is 0 Å². The van der Waals surface area contributed by atoms with E-state index in [9.17, 15) is 8.42 Å². The average Bonchev–Trinajstić information content (AvgIpc) is 2.43. The summed E-state index contributed by atoms with van der Waals surface area (Å²) >= 11 is 0. The number of rotatable bonds is 16. The Balaban J connectivity index is 0. The van der Waals surface area contributed by atoms with Crippen molar-refractivity contribution in [1.29, 1.82) is 0 Å². The first-order chi connectivity index (χ1) is 9.77. The van der Waals surface area contributed by atoms with Crippen LogP contribution in [0.4, 0.5) is 0 Å². The molecule has 0 atom stereocenters. The van der Waals surface area contributed by atoms with Gasteiger partial charge < -0.3 is 12.6 Å². The van der Waals surface area contributed by atoms with E-state index in [1.807, 2.05) is 0 Å². The maximum atomic E-state index is 10.1. The minimum Gasteiger partial charge on any atom is -0.424 e. The molecule has 0 aromatic carbocycles. The third-order valence-corrected chi connectivity index (χ3v) is 4.04. The maximum Gasteiger partial charge on any atom is 1.00 e. The summed E-state index contributed by atoms with van der Waals surface area (Å²) in [6.45, 7) is 2.60. The van der Waals surface area contributed by atoms with E-state index in [4.69, 9.17) is 0 Å². The molecule has 0 saturated carbocycles. The second-order valence-corrected chi connectivity index (χ2v) is 6.27. The molecule has 0 amide bonds. The zero-order valence-electron chi connectivity index (χ0n) is 14.2. The van der Waals surface area contributed by atoms with Crippen LogP contribution < -0.4 is 51.4 Å². The van der Waals surface area contributed by atoms with Gasteiger partial charge in [0.25, 0.3) is 0 Å². The fourth-order valence-electron chi connectivity index (χ4n) is 2.42. The van der Waals surface area contributed by atoms with Gasteiger partial charge >= 0.3 is 51.4 Å². The Morgan fingerprint density at radius 2 is 0.952 bits per heavy atom. The fraction of sp³-hybridized carbons (Fsp3) is 1.00. The molecule has 0 bridgehead atoms. The molecule has 0 aliphatic carbocycles. The van der Waals surface area contributed by atoms with Crippen molar-refractivity contribution in [3.8, 4) is 0 Å². The summed E-state index contributed by atoms with van der Waals surface area (Å²) in [7, 11) is -2.33. The van der Waals surface area contributed by atoms with Gasteiger partial charge in [-0.3, -0.25) is 0 Å². The summed E-state index contributed by atoms with van der Waals surface area (Å²) in [5.74, 6) is 0. The molecule has 0 N–H and O–H groups in total. The predicted molar refractivity (Wildman–Crippen MR) is 85.0 cm³/mol. The monoisotopic (exact) mass is 344 g/mol. The van der Waals surface area contributed by atoms with E-state index in [-0.39, 0.29) is 51.4 Å². The van der Waals surface area contributed by atoms with Gasteiger partial charge in [0.1, 0.15) is 0 Å². The van der Waals surface area contributed by atoms with Crippen LogP contribution in [0.25, 0.3) is 0 Å². The first-order valence-corrected chi connectivity index (χ1v) is 9.50. The van der Waals surface area contributed by atoms with Crippen molar-refractivity contribution >= 4 is 11.0 Å². The average molecular weight is 345 g/mol. The Morgan fingerprint density at radius 3 is 1.29 bits per heavy atom. The molecule has 0 spiro atoms. The molecule has 0 heterocycles. The van der Waals surface area contributed by atoms with Crippen molar-refractivity contribution in [2.45, 2.75) is 96.8 Å². The van der Waals surface area contributed by atoms with Crippen molar-refractivity contribution < 1.29 is 64.0 Å². The Morgan fingerprint density at radius 1 is 0.619 bits per heavy atom. The van der Waals surface area contributed by atoms with Gasteiger partial charge in [0.15, 0.2) is 0 Å². The first-order valence-electron chi connectivity index (χ1n) is 8.50. The van der Waals surface area contributed by atoms with E-state index in [2.05, 4.69) is 11.1 Å². The maximum absolute atomic E-state index is 10.1. The van der Waals surface area contributed by atoms with E-state index in [1.54, 1.807) is 0 Å². The topological polar surface area (TPSA) is 43.4 Å². The van der Waals surface area contributed by atoms with Crippen molar-refractivity contribution in [3.05, 3.63) is 0 Å². The molecule has 0 saturated heterocycles. The molecule has 122 valence electrons. The molecule has 0 unspecified atom stereocenters. The molecule has 0 aliphatic heterocycles. The second kappa shape index (κ2) is 21.5. The van der Waals surface area contributed by atoms with Gasteiger partial charge in [-0.05, 0) is 6.42 Å². The van der Waals surface area contributed by atoms with E-state index in [0.29, 0.717) is 6.61 Å². The summed E-state index contributed by atoms with van der Waals surface area (Å²) in [4.78, 5) is 0. The number of unbranched alkanes of at least 4 members (excludes halogenated alkanes) is 13. The van der Waals surface area contributed by atoms with Gasteiger partial charge in [-0.15, -0.1) is 0 Å². The molecule has 0 aromatic heterocycles. The van der Waals surface area contributed by atoms with Crippen LogP contribution in [0.2, 0.25) is 0 Å². The van der Waals surface area contributed by atoms with Crippen molar-refractivity contribution in [2.75, 3.05) is 6.61 Å². The molecular formula is C16H33KO3S. The Labute approximate surface area is 176 Å². The third kappa shape index (κ3) is 23.9. The van der Waals surface area contributed by atoms with Crippen LogP contribution in [0.3, 0.4) is 0 Å². The largest absolute Gasteiger partial charge is 1.00 e. The van der Waals surface area contributed by atoms with Crippen LogP contribution in [-0.2, 0) is 23.6 Å². The van der Waals surface area contributed by atoms with Crippen LogP contribution in [-0.4, -0.2) is 6.61 Å². The minimum atomic E-state index is -2.33. The Bertz CT molecular complexity index is 250. The summed E-state index contributed by atoms with van der Waals surface area (Å²) < 4.78 is 24.7. The van der Waals surface area contributed by atoms with Crippen LogP contribution in [0.5, 0.6) is 0 Å². The number of hydrogen-bond donors (Lipinski definition) is 0. The van der Waals surface area contributed by atoms with Crippen LogP contribution >= 0.6 is 0 Å². The third-order valence-electron chi connectivity index (χ3n) is 3.68. The minimum absolute atomic E-state index is 0. The molecule has 0 aromatic rings. The van der Waals surface area contributed by atoms with Gasteiger partial charge in [-0.2, -0.15) is 0 Å². The molecular weight excluding hydrogens is 311 g/mol. The standard InChI is InChI=1S/C16H33O3S.K/c1-2-3-4-5-6-7-8-9-10-11-12-13-14-15-16-19-20(17)18;/h2-16H2,1H3;/q-1;+1. The summed E-state index contributed by atoms with van der Waals surface area (Å²) in [6.07, 6.45) is 18.3. The molecule has 0 fully saturated rings. The van der Waals surface area contributed by atoms with Gasteiger partial charge in [0.05, 0.1) is 11.0 Å². The summed E-state index contributed by atoms with van der Waals surface area (Å²) in [5, 5.41) is 0. The molecule has 0 aliphatic rings. The Hall–Kier alpha value is 1.55. The van der Waals surface area contributed by atoms with Crippen molar-refractivity contribution in [3.63, 3.8) is 0 Å². The van der Waals surface area contributed by atoms with Gasteiger partial charge in [0.2, 0.25) is 0 Å². The zero-order valence-corrected chi connectivity index (χ0v) is 18.2. The smallest absolute Gasteiger partial charge is 0.424 e. The van der Waals surface area contributed by atoms with Crippen LogP contribution in [0.1, 0.15) is 96.8 Å². The normalized spacial score (nSPS) is 10.8. The quantitative estimate of drug-likeness (QED) is 0.246. The van der Waals surface area contributed by atoms with Gasteiger partial charge in [-0.1, -0.05) is 90.4 Å². The molecule has 3 nitrogen and oxygen atoms in total. The van der Waals surface area contributed by atoms with Crippen molar-refractivity contribution in [1.82, 2.24) is 0 Å². The second-order valence-electron chi connectivity index (χ2n) is 5.62. The Kier molecular flexibility index (Phi) is 25.4. The SMILES string of the molecule is CCCCCCCCCCCCCCCCO[S-](=O)=O.[K+].